The molecule has 0 saturated carbocycles. The summed E-state index contributed by atoms with van der Waals surface area (Å²) >= 11 is 1.05. The number of hydrogen-bond acceptors (Lipinski definition) is 12. The fourth-order valence-electron chi connectivity index (χ4n) is 3.78. The molecule has 5 atom stereocenters. The molecule has 0 spiro atoms. The van der Waals surface area contributed by atoms with E-state index in [0.717, 1.165) is 16.2 Å². The first-order valence-electron chi connectivity index (χ1n) is 8.47. The van der Waals surface area contributed by atoms with E-state index in [4.69, 9.17) is 10.5 Å². The molecule has 160 valence electrons. The van der Waals surface area contributed by atoms with Crippen LogP contribution in [0.15, 0.2) is 10.5 Å². The monoisotopic (exact) mass is 456 g/mol. The van der Waals surface area contributed by atoms with E-state index in [1.807, 2.05) is 0 Å². The third kappa shape index (κ3) is 2.76. The van der Waals surface area contributed by atoms with Crippen molar-refractivity contribution in [3.05, 3.63) is 11.1 Å². The van der Waals surface area contributed by atoms with E-state index >= 15 is 0 Å². The summed E-state index contributed by atoms with van der Waals surface area (Å²) < 4.78 is 17.6. The number of nitrogens with one attached hydrogen (secondary N) is 1. The average molecular weight is 456 g/mol. The zero-order chi connectivity index (χ0) is 21.8. The van der Waals surface area contributed by atoms with Gasteiger partial charge in [-0.15, -0.1) is 11.3 Å². The summed E-state index contributed by atoms with van der Waals surface area (Å²) in [5.41, 5.74) is 3.04. The fraction of sp³-hybridized carbons (Fsp3) is 0.467. The van der Waals surface area contributed by atoms with Gasteiger partial charge in [0.1, 0.15) is 30.2 Å². The summed E-state index contributed by atoms with van der Waals surface area (Å²) in [6.07, 6.45) is -0.302. The highest BCUT2D eigenvalue weighted by molar-refractivity contribution is 7.85. The van der Waals surface area contributed by atoms with Crippen LogP contribution in [-0.4, -0.2) is 73.6 Å². The van der Waals surface area contributed by atoms with Crippen LogP contribution >= 0.6 is 11.3 Å². The van der Waals surface area contributed by atoms with Gasteiger partial charge in [-0.25, -0.2) is 4.98 Å². The Balaban J connectivity index is 1.60. The Morgan fingerprint density at radius 2 is 2.27 bits per heavy atom. The Morgan fingerprint density at radius 1 is 1.53 bits per heavy atom. The first-order chi connectivity index (χ1) is 14.2. The number of β-lactam (4-membered cyclic amide) rings is 1. The average Bonchev–Trinajstić information content (AvgIpc) is 3.25. The van der Waals surface area contributed by atoms with E-state index in [0.29, 0.717) is 0 Å². The van der Waals surface area contributed by atoms with Crippen molar-refractivity contribution in [3.63, 3.8) is 0 Å². The smallest absolute Gasteiger partial charge is 0.308 e. The second-order valence-corrected chi connectivity index (χ2v) is 9.12. The number of carboxylic acid groups (broad SMARTS) is 1. The van der Waals surface area contributed by atoms with Gasteiger partial charge in [-0.05, 0) is 0 Å². The van der Waals surface area contributed by atoms with E-state index in [-0.39, 0.29) is 28.7 Å². The molecule has 0 aromatic carbocycles. The van der Waals surface area contributed by atoms with Gasteiger partial charge in [-0.1, -0.05) is 5.16 Å². The second kappa shape index (κ2) is 7.02. The molecule has 30 heavy (non-hydrogen) atoms. The molecule has 0 bridgehead atoms. The van der Waals surface area contributed by atoms with Crippen molar-refractivity contribution in [2.75, 3.05) is 18.6 Å². The molecule has 0 aliphatic carbocycles. The fourth-order valence-corrected chi connectivity index (χ4v) is 6.25. The summed E-state index contributed by atoms with van der Waals surface area (Å²) in [5, 5.41) is 18.2. The quantitative estimate of drug-likeness (QED) is 0.194. The van der Waals surface area contributed by atoms with Gasteiger partial charge in [0, 0.05) is 27.9 Å². The number of fused-ring (bicyclic) bond motifs is 3. The molecule has 4 heterocycles. The van der Waals surface area contributed by atoms with Crippen molar-refractivity contribution < 1.29 is 38.1 Å². The maximum Gasteiger partial charge on any atom is 0.308 e. The number of nitrogen functional groups attached to an aromatic ring is 1. The molecule has 0 unspecified atom stereocenters. The van der Waals surface area contributed by atoms with E-state index in [2.05, 4.69) is 20.3 Å². The summed E-state index contributed by atoms with van der Waals surface area (Å²) in [6, 6.07) is -1.33. The normalized spacial score (nSPS) is 32.6. The standard InChI is InChI=1S/C15H15N5O8S2/c1-27-19-8(6-3-29-14(16)17-6)10(22)18-9-11(23)20-12(9)30(26)4-5-2-7(21)28-15(5,20)13(24)25/h3,5,9,12H,2,4H2,1H3,(H2,16,17)(H,18,22)(H,24,25)/p-1/b19-8-/t5-,9+,12+,15+,30-/m0/s1. The first kappa shape index (κ1) is 20.2. The molecule has 13 nitrogen and oxygen atoms in total. The van der Waals surface area contributed by atoms with Crippen molar-refractivity contribution in [1.29, 1.82) is 0 Å². The lowest BCUT2D eigenvalue weighted by molar-refractivity contribution is -0.340. The molecule has 0 radical (unpaired) electrons. The molecule has 4 rings (SSSR count). The van der Waals surface area contributed by atoms with E-state index in [9.17, 15) is 28.5 Å². The second-order valence-electron chi connectivity index (χ2n) is 6.65. The zero-order valence-electron chi connectivity index (χ0n) is 15.2. The van der Waals surface area contributed by atoms with Gasteiger partial charge in [0.2, 0.25) is 5.72 Å². The van der Waals surface area contributed by atoms with Gasteiger partial charge in [-0.3, -0.25) is 23.5 Å². The van der Waals surface area contributed by atoms with Crippen LogP contribution in [0.25, 0.3) is 0 Å². The number of carboxylic acids is 1. The molecule has 1 aromatic heterocycles. The number of aliphatic carboxylic acids is 1. The maximum atomic E-state index is 12.7. The Kier molecular flexibility index (Phi) is 4.73. The number of amides is 2. The first-order valence-corrected chi connectivity index (χ1v) is 10.7. The van der Waals surface area contributed by atoms with Crippen LogP contribution in [0.2, 0.25) is 0 Å². The van der Waals surface area contributed by atoms with Crippen LogP contribution in [-0.2, 0) is 39.6 Å². The van der Waals surface area contributed by atoms with Crippen LogP contribution in [0.3, 0.4) is 0 Å². The van der Waals surface area contributed by atoms with Crippen LogP contribution in [0, 0.1) is 5.92 Å². The number of thiazole rings is 1. The molecule has 3 aliphatic rings. The number of esters is 1. The number of oxime groups is 1. The SMILES string of the molecule is CO/N=C(\C(=O)N[C@@H]1C(=O)N2[C@@H]1[S@@](=O)C[C@@H]1CC(=O)O[C@@]12C(=O)[O-])c1csc(N)n1. The van der Waals surface area contributed by atoms with Gasteiger partial charge < -0.3 is 30.5 Å². The molecule has 3 fully saturated rings. The molecule has 3 aliphatic heterocycles. The number of hydrogen-bond donors (Lipinski definition) is 2. The van der Waals surface area contributed by atoms with Crippen LogP contribution in [0.4, 0.5) is 5.13 Å². The molecule has 15 heteroatoms. The summed E-state index contributed by atoms with van der Waals surface area (Å²) in [6.45, 7) is 0. The Hall–Kier alpha value is -3.07. The minimum Gasteiger partial charge on any atom is -0.544 e. The van der Waals surface area contributed by atoms with Gasteiger partial charge in [-0.2, -0.15) is 0 Å². The van der Waals surface area contributed by atoms with Crippen molar-refractivity contribution in [2.24, 2.45) is 11.1 Å². The van der Waals surface area contributed by atoms with Gasteiger partial charge in [0.25, 0.3) is 11.8 Å². The summed E-state index contributed by atoms with van der Waals surface area (Å²) in [7, 11) is -0.556. The number of ether oxygens (including phenoxy) is 1. The van der Waals surface area contributed by atoms with Gasteiger partial charge in [0.05, 0.1) is 6.42 Å². The van der Waals surface area contributed by atoms with Crippen molar-refractivity contribution in [1.82, 2.24) is 15.2 Å². The topological polar surface area (TPSA) is 193 Å². The van der Waals surface area contributed by atoms with Crippen LogP contribution < -0.4 is 16.2 Å². The Bertz CT molecular complexity index is 1020. The maximum absolute atomic E-state index is 12.7. The summed E-state index contributed by atoms with van der Waals surface area (Å²) in [5.74, 6) is -5.57. The zero-order valence-corrected chi connectivity index (χ0v) is 16.9. The van der Waals surface area contributed by atoms with Crippen LogP contribution in [0.5, 0.6) is 0 Å². The number of anilines is 1. The van der Waals surface area contributed by atoms with Crippen molar-refractivity contribution in [2.45, 2.75) is 23.6 Å². The molecule has 1 aromatic rings. The third-order valence-electron chi connectivity index (χ3n) is 5.01. The van der Waals surface area contributed by atoms with Gasteiger partial charge >= 0.3 is 5.97 Å². The van der Waals surface area contributed by atoms with E-state index < -0.39 is 57.6 Å². The Labute approximate surface area is 174 Å². The highest BCUT2D eigenvalue weighted by Crippen LogP contribution is 2.47. The number of aromatic nitrogens is 1. The highest BCUT2D eigenvalue weighted by Gasteiger charge is 2.70. The number of carbonyl (C=O) groups excluding carboxylic acids is 4. The molecule has 3 saturated heterocycles. The predicted molar refractivity (Wildman–Crippen MR) is 97.6 cm³/mol. The largest absolute Gasteiger partial charge is 0.544 e. The molecule has 2 amide bonds. The highest BCUT2D eigenvalue weighted by atomic mass is 32.2. The predicted octanol–water partition coefficient (Wildman–Crippen LogP) is -3.50. The van der Waals surface area contributed by atoms with Crippen molar-refractivity contribution in [3.8, 4) is 0 Å². The number of nitrogens with zero attached hydrogens (tertiary/aromatic N) is 3. The molecule has 3 N–H and O–H groups in total. The molecular formula is C15H14N5O8S2-. The van der Waals surface area contributed by atoms with Crippen LogP contribution in [0.1, 0.15) is 12.1 Å². The lowest BCUT2D eigenvalue weighted by Crippen LogP contribution is -2.84. The lowest BCUT2D eigenvalue weighted by atomic mass is 9.89. The third-order valence-corrected chi connectivity index (χ3v) is 7.44. The van der Waals surface area contributed by atoms with E-state index in [1.54, 1.807) is 0 Å². The lowest BCUT2D eigenvalue weighted by Gasteiger charge is -2.58. The minimum absolute atomic E-state index is 0.0984. The Morgan fingerprint density at radius 3 is 2.87 bits per heavy atom. The minimum atomic E-state index is -2.33. The number of nitrogens with two attached hydrogens (primary N) is 1. The van der Waals surface area contributed by atoms with Gasteiger partial charge in [0.15, 0.2) is 10.8 Å². The number of rotatable bonds is 5. The van der Waals surface area contributed by atoms with Crippen molar-refractivity contribution >= 4 is 56.7 Å². The number of carbonyl (C=O) groups is 4. The summed E-state index contributed by atoms with van der Waals surface area (Å²) in [4.78, 5) is 58.3. The van der Waals surface area contributed by atoms with E-state index in [1.165, 1.54) is 12.5 Å². The molecular weight excluding hydrogens is 442 g/mol.